The monoisotopic (exact) mass is 574 g/mol. The van der Waals surface area contributed by atoms with Crippen LogP contribution in [0.4, 0.5) is 10.5 Å². The zero-order valence-electron chi connectivity index (χ0n) is 22.8. The third kappa shape index (κ3) is 6.80. The molecule has 0 unspecified atom stereocenters. The van der Waals surface area contributed by atoms with E-state index >= 15 is 0 Å². The van der Waals surface area contributed by atoms with E-state index in [-0.39, 0.29) is 30.2 Å². The molecule has 9 nitrogen and oxygen atoms in total. The van der Waals surface area contributed by atoms with Gasteiger partial charge in [0.05, 0.1) is 41.9 Å². The standard InChI is InChI=1S/C28H35ClN4O5S/c1-6-20(18-8-9-19(26(35)36)24(30)23(18)28(2,3)4)32-27(37)33-14-22(39)31-13-16(25(33)34)11-15-12-17(29)7-10-21(15)38-5/h7-10,12,16,20H,6,11,13-14,30H2,1-5H3,(H,31,39)(H,32,37)(H,35,36)/t16-,20-/m1/s1. The maximum atomic E-state index is 13.6. The van der Waals surface area contributed by atoms with Gasteiger partial charge in [0.25, 0.3) is 0 Å². The van der Waals surface area contributed by atoms with Crippen LogP contribution >= 0.6 is 23.8 Å². The number of rotatable bonds is 7. The molecule has 3 rings (SSSR count). The van der Waals surface area contributed by atoms with Crippen LogP contribution in [0.25, 0.3) is 0 Å². The number of nitrogens with zero attached hydrogens (tertiary/aromatic N) is 1. The molecular formula is C28H35ClN4O5S. The number of urea groups is 1. The number of halogens is 1. The summed E-state index contributed by atoms with van der Waals surface area (Å²) in [5.41, 5.74) is 8.06. The number of hydrogen-bond acceptors (Lipinski definition) is 6. The fourth-order valence-electron chi connectivity index (χ4n) is 4.90. The number of thiocarbonyl (C=S) groups is 1. The van der Waals surface area contributed by atoms with Crippen molar-refractivity contribution in [3.63, 3.8) is 0 Å². The number of aromatic carboxylic acids is 1. The van der Waals surface area contributed by atoms with Gasteiger partial charge in [-0.2, -0.15) is 0 Å². The molecule has 0 bridgehead atoms. The van der Waals surface area contributed by atoms with E-state index in [9.17, 15) is 19.5 Å². The molecule has 1 heterocycles. The minimum absolute atomic E-state index is 0.00302. The fourth-order valence-corrected chi connectivity index (χ4v) is 5.31. The molecule has 0 saturated carbocycles. The Labute approximate surface area is 239 Å². The Hall–Kier alpha value is -3.37. The number of carbonyl (C=O) groups is 3. The van der Waals surface area contributed by atoms with E-state index in [1.54, 1.807) is 31.4 Å². The van der Waals surface area contributed by atoms with Crippen molar-refractivity contribution in [1.82, 2.24) is 15.5 Å². The van der Waals surface area contributed by atoms with Gasteiger partial charge in [-0.1, -0.05) is 57.6 Å². The Balaban J connectivity index is 1.92. The Morgan fingerprint density at radius 1 is 1.31 bits per heavy atom. The first-order valence-electron chi connectivity index (χ1n) is 12.7. The van der Waals surface area contributed by atoms with Gasteiger partial charge >= 0.3 is 12.0 Å². The van der Waals surface area contributed by atoms with Gasteiger partial charge in [-0.25, -0.2) is 9.59 Å². The number of nitrogens with one attached hydrogen (secondary N) is 2. The average molecular weight is 575 g/mol. The predicted molar refractivity (Wildman–Crippen MR) is 156 cm³/mol. The molecule has 1 saturated heterocycles. The summed E-state index contributed by atoms with van der Waals surface area (Å²) < 4.78 is 5.44. The van der Waals surface area contributed by atoms with E-state index < -0.39 is 29.4 Å². The fraction of sp³-hybridized carbons (Fsp3) is 0.429. The predicted octanol–water partition coefficient (Wildman–Crippen LogP) is 4.71. The Bertz CT molecular complexity index is 1290. The molecule has 0 radical (unpaired) electrons. The van der Waals surface area contributed by atoms with Crippen molar-refractivity contribution in [1.29, 1.82) is 0 Å². The van der Waals surface area contributed by atoms with E-state index in [2.05, 4.69) is 10.6 Å². The normalized spacial score (nSPS) is 16.8. The van der Waals surface area contributed by atoms with E-state index in [0.717, 1.165) is 10.5 Å². The lowest BCUT2D eigenvalue weighted by Gasteiger charge is -2.31. The van der Waals surface area contributed by atoms with Gasteiger partial charge in [0.15, 0.2) is 0 Å². The van der Waals surface area contributed by atoms with Crippen molar-refractivity contribution in [2.75, 3.05) is 25.9 Å². The minimum Gasteiger partial charge on any atom is -0.496 e. The van der Waals surface area contributed by atoms with Gasteiger partial charge in [0.2, 0.25) is 5.91 Å². The molecule has 1 aliphatic rings. The van der Waals surface area contributed by atoms with Crippen LogP contribution in [0.5, 0.6) is 5.75 Å². The molecule has 5 N–H and O–H groups in total. The van der Waals surface area contributed by atoms with Crippen molar-refractivity contribution < 1.29 is 24.2 Å². The Morgan fingerprint density at radius 2 is 2.00 bits per heavy atom. The third-order valence-electron chi connectivity index (χ3n) is 6.76. The summed E-state index contributed by atoms with van der Waals surface area (Å²) >= 11 is 11.6. The molecule has 1 fully saturated rings. The second-order valence-corrected chi connectivity index (χ2v) is 11.5. The number of methoxy groups -OCH3 is 1. The van der Waals surface area contributed by atoms with Gasteiger partial charge in [-0.3, -0.25) is 9.69 Å². The molecule has 39 heavy (non-hydrogen) atoms. The Morgan fingerprint density at radius 3 is 2.59 bits per heavy atom. The number of nitrogen functional groups attached to an aromatic ring is 1. The summed E-state index contributed by atoms with van der Waals surface area (Å²) in [5, 5.41) is 16.1. The van der Waals surface area contributed by atoms with Crippen molar-refractivity contribution in [3.05, 3.63) is 57.6 Å². The van der Waals surface area contributed by atoms with Gasteiger partial charge in [0.1, 0.15) is 5.75 Å². The molecule has 2 aromatic carbocycles. The number of carboxylic acids is 1. The average Bonchev–Trinajstić information content (AvgIpc) is 2.99. The second kappa shape index (κ2) is 12.2. The van der Waals surface area contributed by atoms with Crippen LogP contribution in [0.15, 0.2) is 30.3 Å². The summed E-state index contributed by atoms with van der Waals surface area (Å²) in [5.74, 6) is -1.51. The maximum Gasteiger partial charge on any atom is 0.337 e. The highest BCUT2D eigenvalue weighted by Gasteiger charge is 2.35. The number of imide groups is 1. The van der Waals surface area contributed by atoms with Crippen LogP contribution in [-0.4, -0.2) is 53.1 Å². The second-order valence-electron chi connectivity index (χ2n) is 10.5. The minimum atomic E-state index is -1.12. The molecule has 2 aromatic rings. The molecule has 11 heteroatoms. The topological polar surface area (TPSA) is 134 Å². The van der Waals surface area contributed by atoms with Crippen molar-refractivity contribution in [3.8, 4) is 5.75 Å². The largest absolute Gasteiger partial charge is 0.496 e. The van der Waals surface area contributed by atoms with Gasteiger partial charge in [0, 0.05) is 11.6 Å². The number of carbonyl (C=O) groups excluding carboxylic acids is 2. The zero-order chi connectivity index (χ0) is 29.1. The zero-order valence-corrected chi connectivity index (χ0v) is 24.3. The summed E-state index contributed by atoms with van der Waals surface area (Å²) in [6, 6.07) is 7.19. The number of carboxylic acid groups (broad SMARTS) is 1. The number of ether oxygens (including phenoxy) is 1. The summed E-state index contributed by atoms with van der Waals surface area (Å²) in [6.07, 6.45) is 0.773. The highest BCUT2D eigenvalue weighted by molar-refractivity contribution is 7.80. The molecule has 0 aliphatic carbocycles. The molecule has 2 atom stereocenters. The SMILES string of the molecule is CC[C@@H](NC(=O)N1CC(=S)NC[C@@H](Cc2cc(Cl)ccc2OC)C1=O)c1ccc(C(=O)O)c(N)c1C(C)(C)C. The highest BCUT2D eigenvalue weighted by atomic mass is 35.5. The number of anilines is 1. The quantitative estimate of drug-likeness (QED) is 0.276. The van der Waals surface area contributed by atoms with Crippen LogP contribution in [0.3, 0.4) is 0 Å². The molecule has 210 valence electrons. The lowest BCUT2D eigenvalue weighted by atomic mass is 9.79. The first-order chi connectivity index (χ1) is 18.3. The lowest BCUT2D eigenvalue weighted by Crippen LogP contribution is -2.48. The van der Waals surface area contributed by atoms with Crippen LogP contribution in [-0.2, 0) is 16.6 Å². The molecule has 0 aromatic heterocycles. The molecule has 0 spiro atoms. The van der Waals surface area contributed by atoms with Crippen LogP contribution in [0.2, 0.25) is 5.02 Å². The van der Waals surface area contributed by atoms with Crippen molar-refractivity contribution in [2.45, 2.75) is 52.0 Å². The summed E-state index contributed by atoms with van der Waals surface area (Å²) in [7, 11) is 1.54. The van der Waals surface area contributed by atoms with Crippen LogP contribution in [0.1, 0.15) is 67.2 Å². The summed E-state index contributed by atoms with van der Waals surface area (Å²) in [6.45, 7) is 7.88. The molecule has 3 amide bonds. The molecule has 1 aliphatic heterocycles. The smallest absolute Gasteiger partial charge is 0.337 e. The molecular weight excluding hydrogens is 540 g/mol. The maximum absolute atomic E-state index is 13.6. The van der Waals surface area contributed by atoms with Gasteiger partial charge in [-0.05, 0) is 59.2 Å². The van der Waals surface area contributed by atoms with E-state index in [1.807, 2.05) is 27.7 Å². The van der Waals surface area contributed by atoms with E-state index in [1.165, 1.54) is 6.07 Å². The highest BCUT2D eigenvalue weighted by Crippen LogP contribution is 2.37. The lowest BCUT2D eigenvalue weighted by molar-refractivity contribution is -0.131. The van der Waals surface area contributed by atoms with Crippen LogP contribution < -0.4 is 21.1 Å². The third-order valence-corrected chi connectivity index (χ3v) is 7.26. The number of hydrogen-bond donors (Lipinski definition) is 4. The first-order valence-corrected chi connectivity index (χ1v) is 13.4. The number of benzene rings is 2. The van der Waals surface area contributed by atoms with Gasteiger partial charge < -0.3 is 26.2 Å². The van der Waals surface area contributed by atoms with E-state index in [0.29, 0.717) is 39.7 Å². The van der Waals surface area contributed by atoms with Crippen LogP contribution in [0, 0.1) is 5.92 Å². The summed E-state index contributed by atoms with van der Waals surface area (Å²) in [4.78, 5) is 40.4. The number of amides is 3. The number of nitrogens with two attached hydrogens (primary N) is 1. The first kappa shape index (κ1) is 30.2. The van der Waals surface area contributed by atoms with Crippen molar-refractivity contribution >= 4 is 52.4 Å². The van der Waals surface area contributed by atoms with Crippen molar-refractivity contribution in [2.24, 2.45) is 5.92 Å². The van der Waals surface area contributed by atoms with Gasteiger partial charge in [-0.15, -0.1) is 0 Å². The Kier molecular flexibility index (Phi) is 9.45. The van der Waals surface area contributed by atoms with E-state index in [4.69, 9.17) is 34.3 Å².